The van der Waals surface area contributed by atoms with E-state index in [2.05, 4.69) is 15.3 Å². The lowest BCUT2D eigenvalue weighted by molar-refractivity contribution is -0.0950. The van der Waals surface area contributed by atoms with Crippen molar-refractivity contribution in [2.45, 2.75) is 43.5 Å². The van der Waals surface area contributed by atoms with E-state index in [0.717, 1.165) is 6.33 Å². The molecule has 1 aromatic carbocycles. The van der Waals surface area contributed by atoms with E-state index in [-0.39, 0.29) is 18.1 Å². The summed E-state index contributed by atoms with van der Waals surface area (Å²) in [6, 6.07) is 8.48. The number of hydrogen-bond acceptors (Lipinski definition) is 12. The Kier molecular flexibility index (Phi) is 7.76. The quantitative estimate of drug-likeness (QED) is 0.217. The van der Waals surface area contributed by atoms with Crippen LogP contribution in [0.3, 0.4) is 0 Å². The van der Waals surface area contributed by atoms with Gasteiger partial charge in [-0.15, -0.1) is 0 Å². The van der Waals surface area contributed by atoms with Crippen LogP contribution < -0.4 is 5.32 Å². The van der Waals surface area contributed by atoms with Gasteiger partial charge < -0.3 is 24.8 Å². The van der Waals surface area contributed by atoms with Gasteiger partial charge in [-0.2, -0.15) is 8.42 Å². The summed E-state index contributed by atoms with van der Waals surface area (Å²) in [5.74, 6) is -0.656. The third-order valence-electron chi connectivity index (χ3n) is 6.44. The highest BCUT2D eigenvalue weighted by Crippen LogP contribution is 2.57. The van der Waals surface area contributed by atoms with Gasteiger partial charge in [-0.1, -0.05) is 23.7 Å². The Morgan fingerprint density at radius 2 is 2.13 bits per heavy atom. The van der Waals surface area contributed by atoms with E-state index in [9.17, 15) is 23.2 Å². The normalized spacial score (nSPS) is 31.5. The largest absolute Gasteiger partial charge is 0.475 e. The minimum atomic E-state index is -4.31. The highest BCUT2D eigenvalue weighted by Gasteiger charge is 2.54. The summed E-state index contributed by atoms with van der Waals surface area (Å²) in [6.07, 6.45) is -1.26. The van der Waals surface area contributed by atoms with Crippen LogP contribution in [-0.4, -0.2) is 74.6 Å². The van der Waals surface area contributed by atoms with Crippen LogP contribution in [0.25, 0.3) is 11.0 Å². The maximum atomic E-state index is 13.2. The average molecular weight is 605 g/mol. The lowest BCUT2D eigenvalue weighted by Gasteiger charge is -2.30. The van der Waals surface area contributed by atoms with Crippen LogP contribution in [0.2, 0.25) is 5.02 Å². The van der Waals surface area contributed by atoms with E-state index in [1.165, 1.54) is 17.7 Å². The van der Waals surface area contributed by atoms with Gasteiger partial charge >= 0.3 is 7.82 Å². The standard InChI is InChI=1S/C22H26ClN4O10PS/c1-22(29)18(28)17(10-35-38(30)34-8-6-16(37-38)13-3-2-4-14(23)9-13)36-21(22)27-7-5-15-19(24-11-25-20(15)27)26-12-39(31,32)33/h2-5,7,9,11,16-18,21,28-29H,6,8,10,12H2,1H3,(H,24,25,26)(H,31,32,33)/t16-,17+,18+,21+,22+,38?/m0/s1. The summed E-state index contributed by atoms with van der Waals surface area (Å²) in [4.78, 5) is 8.17. The molecule has 2 aromatic heterocycles. The maximum absolute atomic E-state index is 13.2. The molecule has 0 amide bonds. The van der Waals surface area contributed by atoms with E-state index in [1.807, 2.05) is 0 Å². The molecule has 39 heavy (non-hydrogen) atoms. The molecule has 4 heterocycles. The Morgan fingerprint density at radius 3 is 2.87 bits per heavy atom. The zero-order valence-electron chi connectivity index (χ0n) is 20.5. The van der Waals surface area contributed by atoms with Gasteiger partial charge in [0, 0.05) is 17.6 Å². The van der Waals surface area contributed by atoms with Crippen LogP contribution in [-0.2, 0) is 33.0 Å². The Bertz CT molecular complexity index is 1520. The molecule has 3 aromatic rings. The zero-order chi connectivity index (χ0) is 28.0. The number of anilines is 1. The number of rotatable bonds is 8. The number of ether oxygens (including phenoxy) is 1. The predicted molar refractivity (Wildman–Crippen MR) is 138 cm³/mol. The zero-order valence-corrected chi connectivity index (χ0v) is 22.9. The minimum absolute atomic E-state index is 0.103. The first-order valence-electron chi connectivity index (χ1n) is 11.8. The SMILES string of the molecule is C[C@@]1(O)[C@H](O)[C@@H](COP2(=O)OCC[C@@H](c3cccc(Cl)c3)O2)O[C@H]1n1ccc2c(NCS(=O)(=O)O)ncnc21. The van der Waals surface area contributed by atoms with Crippen molar-refractivity contribution in [2.75, 3.05) is 24.4 Å². The van der Waals surface area contributed by atoms with Crippen LogP contribution >= 0.6 is 19.4 Å². The van der Waals surface area contributed by atoms with Gasteiger partial charge in [0.15, 0.2) is 6.23 Å². The van der Waals surface area contributed by atoms with Gasteiger partial charge in [-0.05, 0) is 30.7 Å². The molecule has 0 saturated carbocycles. The Balaban J connectivity index is 1.31. The van der Waals surface area contributed by atoms with Gasteiger partial charge in [0.25, 0.3) is 10.1 Å². The van der Waals surface area contributed by atoms with E-state index < -0.39 is 60.6 Å². The fraction of sp³-hybridized carbons (Fsp3) is 0.455. The lowest BCUT2D eigenvalue weighted by atomic mass is 9.96. The van der Waals surface area contributed by atoms with E-state index >= 15 is 0 Å². The summed E-state index contributed by atoms with van der Waals surface area (Å²) < 4.78 is 68.3. The number of hydrogen-bond donors (Lipinski definition) is 4. The first-order chi connectivity index (χ1) is 18.4. The molecule has 0 bridgehead atoms. The third kappa shape index (κ3) is 5.98. The second-order valence-corrected chi connectivity index (χ2v) is 12.8. The molecule has 1 unspecified atom stereocenters. The summed E-state index contributed by atoms with van der Waals surface area (Å²) in [7, 11) is -8.35. The minimum Gasteiger partial charge on any atom is -0.387 e. The monoisotopic (exact) mass is 604 g/mol. The number of aliphatic hydroxyl groups excluding tert-OH is 1. The van der Waals surface area contributed by atoms with E-state index in [1.54, 1.807) is 30.3 Å². The summed E-state index contributed by atoms with van der Waals surface area (Å²) in [5.41, 5.74) is -0.890. The fourth-order valence-corrected chi connectivity index (χ4v) is 6.43. The van der Waals surface area contributed by atoms with Crippen molar-refractivity contribution in [1.82, 2.24) is 14.5 Å². The first-order valence-corrected chi connectivity index (χ1v) is 15.2. The molecule has 2 aliphatic heterocycles. The van der Waals surface area contributed by atoms with Crippen molar-refractivity contribution in [3.63, 3.8) is 0 Å². The number of phosphoric acid groups is 1. The second-order valence-electron chi connectivity index (χ2n) is 9.30. The molecule has 6 atom stereocenters. The molecule has 0 spiro atoms. The predicted octanol–water partition coefficient (Wildman–Crippen LogP) is 2.65. The highest BCUT2D eigenvalue weighted by molar-refractivity contribution is 7.85. The highest BCUT2D eigenvalue weighted by atomic mass is 35.5. The Hall–Kier alpha value is -2.17. The average Bonchev–Trinajstić information content (AvgIpc) is 3.39. The van der Waals surface area contributed by atoms with Crippen molar-refractivity contribution in [2.24, 2.45) is 0 Å². The van der Waals surface area contributed by atoms with Crippen molar-refractivity contribution in [1.29, 1.82) is 0 Å². The molecule has 5 rings (SSSR count). The van der Waals surface area contributed by atoms with Crippen molar-refractivity contribution >= 4 is 46.4 Å². The molecule has 2 fully saturated rings. The smallest absolute Gasteiger partial charge is 0.387 e. The molecule has 2 saturated heterocycles. The third-order valence-corrected chi connectivity index (χ3v) is 8.66. The second kappa shape index (κ2) is 10.7. The van der Waals surface area contributed by atoms with Gasteiger partial charge in [0.1, 0.15) is 41.5 Å². The molecular formula is C22H26ClN4O10PS. The molecule has 17 heteroatoms. The van der Waals surface area contributed by atoms with Crippen LogP contribution in [0.1, 0.15) is 31.2 Å². The summed E-state index contributed by atoms with van der Waals surface area (Å²) >= 11 is 6.06. The van der Waals surface area contributed by atoms with Gasteiger partial charge in [0.2, 0.25) is 0 Å². The number of nitrogens with zero attached hydrogens (tertiary/aromatic N) is 3. The van der Waals surface area contributed by atoms with Crippen LogP contribution in [0.4, 0.5) is 5.82 Å². The molecule has 2 aliphatic rings. The van der Waals surface area contributed by atoms with Crippen molar-refractivity contribution in [3.05, 3.63) is 53.4 Å². The number of phosphoric ester groups is 1. The van der Waals surface area contributed by atoms with E-state index in [0.29, 0.717) is 22.4 Å². The number of nitrogens with one attached hydrogen (secondary N) is 1. The van der Waals surface area contributed by atoms with Crippen LogP contribution in [0.5, 0.6) is 0 Å². The van der Waals surface area contributed by atoms with Crippen molar-refractivity contribution in [3.8, 4) is 0 Å². The van der Waals surface area contributed by atoms with Gasteiger partial charge in [-0.3, -0.25) is 18.1 Å². The topological polar surface area (TPSA) is 192 Å². The molecule has 212 valence electrons. The summed E-state index contributed by atoms with van der Waals surface area (Å²) in [5, 5.41) is 25.4. The first kappa shape index (κ1) is 28.4. The Labute approximate surface area is 228 Å². The molecule has 0 aliphatic carbocycles. The fourth-order valence-electron chi connectivity index (χ4n) is 4.52. The van der Waals surface area contributed by atoms with E-state index in [4.69, 9.17) is 34.5 Å². The molecule has 14 nitrogen and oxygen atoms in total. The molecular weight excluding hydrogens is 579 g/mol. The number of benzene rings is 1. The number of fused-ring (bicyclic) bond motifs is 1. The molecule has 0 radical (unpaired) electrons. The van der Waals surface area contributed by atoms with Gasteiger partial charge in [0.05, 0.1) is 24.7 Å². The molecule has 4 N–H and O–H groups in total. The van der Waals surface area contributed by atoms with Crippen LogP contribution in [0, 0.1) is 0 Å². The van der Waals surface area contributed by atoms with Crippen molar-refractivity contribution < 1.29 is 46.1 Å². The van der Waals surface area contributed by atoms with Gasteiger partial charge in [-0.25, -0.2) is 14.5 Å². The number of halogens is 1. The Morgan fingerprint density at radius 1 is 1.33 bits per heavy atom. The van der Waals surface area contributed by atoms with Crippen LogP contribution in [0.15, 0.2) is 42.9 Å². The number of aliphatic hydroxyl groups is 2. The summed E-state index contributed by atoms with van der Waals surface area (Å²) in [6.45, 7) is 1.03. The maximum Gasteiger partial charge on any atom is 0.475 e. The lowest BCUT2D eigenvalue weighted by Crippen LogP contribution is -2.44. The number of aromatic nitrogens is 3.